The highest BCUT2D eigenvalue weighted by atomic mass is 15.3. The molecule has 1 heterocycles. The molecule has 0 radical (unpaired) electrons. The first kappa shape index (κ1) is 12.6. The second kappa shape index (κ2) is 5.67. The van der Waals surface area contributed by atoms with Crippen LogP contribution in [0.4, 0.5) is 0 Å². The van der Waals surface area contributed by atoms with Crippen molar-refractivity contribution < 1.29 is 0 Å². The quantitative estimate of drug-likeness (QED) is 0.795. The molecule has 1 aromatic heterocycles. The van der Waals surface area contributed by atoms with Gasteiger partial charge in [-0.1, -0.05) is 6.92 Å². The van der Waals surface area contributed by atoms with E-state index in [2.05, 4.69) is 41.9 Å². The molecule has 17 heavy (non-hydrogen) atoms. The molecule has 1 fully saturated rings. The molecule has 0 aromatic carbocycles. The van der Waals surface area contributed by atoms with Crippen LogP contribution in [-0.4, -0.2) is 22.4 Å². The lowest BCUT2D eigenvalue weighted by molar-refractivity contribution is 0.468. The Morgan fingerprint density at radius 3 is 2.82 bits per heavy atom. The van der Waals surface area contributed by atoms with E-state index in [4.69, 9.17) is 0 Å². The van der Waals surface area contributed by atoms with Gasteiger partial charge in [0.25, 0.3) is 0 Å². The number of nitrogens with one attached hydrogen (secondary N) is 1. The fraction of sp³-hybridized carbons (Fsp3) is 0.786. The van der Waals surface area contributed by atoms with Crippen LogP contribution in [-0.2, 0) is 6.54 Å². The van der Waals surface area contributed by atoms with Gasteiger partial charge >= 0.3 is 0 Å². The molecule has 1 aliphatic carbocycles. The lowest BCUT2D eigenvalue weighted by Gasteiger charge is -2.12. The van der Waals surface area contributed by atoms with Crippen molar-refractivity contribution in [1.29, 1.82) is 0 Å². The third kappa shape index (κ3) is 3.56. The van der Waals surface area contributed by atoms with Gasteiger partial charge in [0, 0.05) is 18.3 Å². The van der Waals surface area contributed by atoms with Crippen LogP contribution < -0.4 is 5.32 Å². The van der Waals surface area contributed by atoms with Crippen molar-refractivity contribution in [1.82, 2.24) is 15.1 Å². The van der Waals surface area contributed by atoms with Gasteiger partial charge in [-0.25, -0.2) is 0 Å². The Balaban J connectivity index is 1.65. The maximum Gasteiger partial charge on any atom is 0.0596 e. The van der Waals surface area contributed by atoms with Crippen LogP contribution in [0.15, 0.2) is 6.07 Å². The minimum Gasteiger partial charge on any atom is -0.314 e. The van der Waals surface area contributed by atoms with E-state index >= 15 is 0 Å². The first-order chi connectivity index (χ1) is 8.15. The first-order valence-corrected chi connectivity index (χ1v) is 6.89. The van der Waals surface area contributed by atoms with E-state index < -0.39 is 0 Å². The molecule has 0 spiro atoms. The summed E-state index contributed by atoms with van der Waals surface area (Å²) in [5.41, 5.74) is 2.40. The molecule has 3 heteroatoms. The lowest BCUT2D eigenvalue weighted by atomic mass is 10.1. The van der Waals surface area contributed by atoms with Crippen LogP contribution in [0.5, 0.6) is 0 Å². The van der Waals surface area contributed by atoms with E-state index in [-0.39, 0.29) is 0 Å². The van der Waals surface area contributed by atoms with E-state index in [0.717, 1.165) is 30.7 Å². The van der Waals surface area contributed by atoms with Gasteiger partial charge < -0.3 is 5.32 Å². The van der Waals surface area contributed by atoms with Crippen molar-refractivity contribution in [2.45, 2.75) is 59.0 Å². The Hall–Kier alpha value is -0.830. The van der Waals surface area contributed by atoms with Crippen molar-refractivity contribution in [3.8, 4) is 0 Å². The minimum absolute atomic E-state index is 0.769. The van der Waals surface area contributed by atoms with Crippen molar-refractivity contribution in [2.24, 2.45) is 5.92 Å². The summed E-state index contributed by atoms with van der Waals surface area (Å²) < 4.78 is 2.12. The second-order valence-electron chi connectivity index (χ2n) is 5.57. The molecule has 1 saturated carbocycles. The first-order valence-electron chi connectivity index (χ1n) is 6.89. The molecule has 0 bridgehead atoms. The van der Waals surface area contributed by atoms with Crippen LogP contribution >= 0.6 is 0 Å². The van der Waals surface area contributed by atoms with Gasteiger partial charge in [0.05, 0.1) is 5.69 Å². The monoisotopic (exact) mass is 235 g/mol. The fourth-order valence-electron chi connectivity index (χ4n) is 2.83. The summed E-state index contributed by atoms with van der Waals surface area (Å²) in [5, 5.41) is 8.15. The lowest BCUT2D eigenvalue weighted by Crippen LogP contribution is -2.28. The molecule has 2 rings (SSSR count). The van der Waals surface area contributed by atoms with Gasteiger partial charge in [-0.3, -0.25) is 4.68 Å². The van der Waals surface area contributed by atoms with Crippen LogP contribution in [0.25, 0.3) is 0 Å². The third-order valence-corrected chi connectivity index (χ3v) is 3.78. The van der Waals surface area contributed by atoms with Crippen LogP contribution in [0, 0.1) is 19.8 Å². The minimum atomic E-state index is 0.769. The topological polar surface area (TPSA) is 29.9 Å². The predicted molar refractivity (Wildman–Crippen MR) is 71.1 cm³/mol. The SMILES string of the molecule is Cc1cc(C)n(CCCNC2CCC(C)C2)n1. The number of hydrogen-bond acceptors (Lipinski definition) is 2. The summed E-state index contributed by atoms with van der Waals surface area (Å²) >= 11 is 0. The van der Waals surface area contributed by atoms with Gasteiger partial charge in [-0.15, -0.1) is 0 Å². The highest BCUT2D eigenvalue weighted by Crippen LogP contribution is 2.24. The molecule has 0 saturated heterocycles. The predicted octanol–water partition coefficient (Wildman–Crippen LogP) is 2.67. The molecule has 2 atom stereocenters. The van der Waals surface area contributed by atoms with E-state index in [0.29, 0.717) is 0 Å². The van der Waals surface area contributed by atoms with Gasteiger partial charge in [0.2, 0.25) is 0 Å². The molecule has 2 unspecified atom stereocenters. The van der Waals surface area contributed by atoms with Gasteiger partial charge in [0.15, 0.2) is 0 Å². The fourth-order valence-corrected chi connectivity index (χ4v) is 2.83. The average Bonchev–Trinajstić information content (AvgIpc) is 2.81. The molecule has 1 N–H and O–H groups in total. The van der Waals surface area contributed by atoms with Crippen LogP contribution in [0.1, 0.15) is 44.0 Å². The number of nitrogens with zero attached hydrogens (tertiary/aromatic N) is 2. The molecule has 1 aliphatic rings. The van der Waals surface area contributed by atoms with E-state index in [9.17, 15) is 0 Å². The van der Waals surface area contributed by atoms with Crippen LogP contribution in [0.2, 0.25) is 0 Å². The number of rotatable bonds is 5. The Bertz CT molecular complexity index is 356. The summed E-state index contributed by atoms with van der Waals surface area (Å²) in [6.07, 6.45) is 5.29. The van der Waals surface area contributed by atoms with E-state index in [1.54, 1.807) is 0 Å². The molecule has 0 aliphatic heterocycles. The maximum absolute atomic E-state index is 4.48. The van der Waals surface area contributed by atoms with Gasteiger partial charge in [-0.2, -0.15) is 5.10 Å². The summed E-state index contributed by atoms with van der Waals surface area (Å²) in [6.45, 7) is 8.70. The Morgan fingerprint density at radius 2 is 2.24 bits per heavy atom. The Morgan fingerprint density at radius 1 is 1.41 bits per heavy atom. The number of aryl methyl sites for hydroxylation is 3. The highest BCUT2D eigenvalue weighted by Gasteiger charge is 2.19. The van der Waals surface area contributed by atoms with E-state index in [1.807, 2.05) is 0 Å². The average molecular weight is 235 g/mol. The summed E-state index contributed by atoms with van der Waals surface area (Å²) in [4.78, 5) is 0. The van der Waals surface area contributed by atoms with Gasteiger partial charge in [-0.05, 0) is 58.1 Å². The van der Waals surface area contributed by atoms with Crippen molar-refractivity contribution in [3.05, 3.63) is 17.5 Å². The number of hydrogen-bond donors (Lipinski definition) is 1. The number of aromatic nitrogens is 2. The molecule has 96 valence electrons. The molecular weight excluding hydrogens is 210 g/mol. The third-order valence-electron chi connectivity index (χ3n) is 3.78. The second-order valence-corrected chi connectivity index (χ2v) is 5.57. The highest BCUT2D eigenvalue weighted by molar-refractivity contribution is 5.06. The molecular formula is C14H25N3. The summed E-state index contributed by atoms with van der Waals surface area (Å²) in [7, 11) is 0. The Kier molecular flexibility index (Phi) is 4.21. The van der Waals surface area contributed by atoms with Crippen molar-refractivity contribution in [2.75, 3.05) is 6.54 Å². The van der Waals surface area contributed by atoms with E-state index in [1.165, 1.54) is 31.4 Å². The van der Waals surface area contributed by atoms with Crippen LogP contribution in [0.3, 0.4) is 0 Å². The van der Waals surface area contributed by atoms with Crippen molar-refractivity contribution >= 4 is 0 Å². The zero-order valence-electron chi connectivity index (χ0n) is 11.4. The normalized spacial score (nSPS) is 24.4. The maximum atomic E-state index is 4.48. The largest absolute Gasteiger partial charge is 0.314 e. The van der Waals surface area contributed by atoms with Gasteiger partial charge in [0.1, 0.15) is 0 Å². The zero-order chi connectivity index (χ0) is 12.3. The van der Waals surface area contributed by atoms with Crippen molar-refractivity contribution in [3.63, 3.8) is 0 Å². The summed E-state index contributed by atoms with van der Waals surface area (Å²) in [5.74, 6) is 0.920. The zero-order valence-corrected chi connectivity index (χ0v) is 11.4. The standard InChI is InChI=1S/C14H25N3/c1-11-5-6-14(9-11)15-7-4-8-17-13(3)10-12(2)16-17/h10-11,14-15H,4-9H2,1-3H3. The molecule has 1 aromatic rings. The molecule has 0 amide bonds. The summed E-state index contributed by atoms with van der Waals surface area (Å²) in [6, 6.07) is 2.91. The Labute approximate surface area is 105 Å². The molecule has 3 nitrogen and oxygen atoms in total. The smallest absolute Gasteiger partial charge is 0.0596 e.